The Morgan fingerprint density at radius 2 is 2.16 bits per heavy atom. The predicted molar refractivity (Wildman–Crippen MR) is 77.9 cm³/mol. The standard InChI is InChI=1S/C16H26N2O/c1-13-8-9-15(18-11-13)12-17-10-4-6-14-5-2-3-7-16(14)19/h8-9,11,14,16-17,19H,2-7,10,12H2,1H3. The zero-order valence-electron chi connectivity index (χ0n) is 11.9. The van der Waals surface area contributed by atoms with Gasteiger partial charge in [0.15, 0.2) is 0 Å². The number of rotatable bonds is 6. The highest BCUT2D eigenvalue weighted by Crippen LogP contribution is 2.27. The van der Waals surface area contributed by atoms with Crippen LogP contribution in [0.1, 0.15) is 49.8 Å². The maximum Gasteiger partial charge on any atom is 0.0568 e. The Labute approximate surface area is 116 Å². The van der Waals surface area contributed by atoms with Gasteiger partial charge in [0.1, 0.15) is 0 Å². The van der Waals surface area contributed by atoms with E-state index in [1.54, 1.807) is 0 Å². The number of aromatic nitrogens is 1. The molecule has 1 aromatic rings. The van der Waals surface area contributed by atoms with Crippen molar-refractivity contribution in [1.29, 1.82) is 0 Å². The maximum absolute atomic E-state index is 9.90. The minimum absolute atomic E-state index is 0.0486. The van der Waals surface area contributed by atoms with Crippen LogP contribution in [0.25, 0.3) is 0 Å². The van der Waals surface area contributed by atoms with Crippen molar-refractivity contribution < 1.29 is 5.11 Å². The Kier molecular flexibility index (Phi) is 5.80. The largest absolute Gasteiger partial charge is 0.393 e. The predicted octanol–water partition coefficient (Wildman–Crippen LogP) is 2.81. The first-order valence-corrected chi connectivity index (χ1v) is 7.56. The average molecular weight is 262 g/mol. The van der Waals surface area contributed by atoms with Gasteiger partial charge < -0.3 is 10.4 Å². The Morgan fingerprint density at radius 3 is 2.89 bits per heavy atom. The van der Waals surface area contributed by atoms with Crippen LogP contribution in [0, 0.1) is 12.8 Å². The molecule has 0 spiro atoms. The molecule has 1 aliphatic rings. The van der Waals surface area contributed by atoms with Gasteiger partial charge in [-0.05, 0) is 56.7 Å². The summed E-state index contributed by atoms with van der Waals surface area (Å²) < 4.78 is 0. The summed E-state index contributed by atoms with van der Waals surface area (Å²) in [6, 6.07) is 4.18. The average Bonchev–Trinajstić information content (AvgIpc) is 2.42. The fourth-order valence-electron chi connectivity index (χ4n) is 2.83. The lowest BCUT2D eigenvalue weighted by molar-refractivity contribution is 0.0643. The summed E-state index contributed by atoms with van der Waals surface area (Å²) in [4.78, 5) is 4.38. The fourth-order valence-corrected chi connectivity index (χ4v) is 2.83. The molecule has 1 aliphatic carbocycles. The lowest BCUT2D eigenvalue weighted by Gasteiger charge is -2.27. The number of aryl methyl sites for hydroxylation is 1. The zero-order valence-corrected chi connectivity index (χ0v) is 11.9. The molecule has 2 unspecified atom stereocenters. The Bertz CT molecular complexity index is 364. The van der Waals surface area contributed by atoms with E-state index in [2.05, 4.69) is 29.4 Å². The van der Waals surface area contributed by atoms with Gasteiger partial charge in [0.05, 0.1) is 11.8 Å². The third kappa shape index (κ3) is 4.92. The first-order chi connectivity index (χ1) is 9.25. The quantitative estimate of drug-likeness (QED) is 0.775. The van der Waals surface area contributed by atoms with Crippen LogP contribution in [-0.2, 0) is 6.54 Å². The SMILES string of the molecule is Cc1ccc(CNCCCC2CCCCC2O)nc1. The summed E-state index contributed by atoms with van der Waals surface area (Å²) in [5, 5.41) is 13.3. The second kappa shape index (κ2) is 7.61. The van der Waals surface area contributed by atoms with Crippen LogP contribution in [0.4, 0.5) is 0 Å². The van der Waals surface area contributed by atoms with E-state index in [-0.39, 0.29) is 6.10 Å². The summed E-state index contributed by atoms with van der Waals surface area (Å²) >= 11 is 0. The van der Waals surface area contributed by atoms with Gasteiger partial charge in [-0.3, -0.25) is 4.98 Å². The van der Waals surface area contributed by atoms with Crippen LogP contribution in [0.5, 0.6) is 0 Å². The third-order valence-corrected chi connectivity index (χ3v) is 4.08. The van der Waals surface area contributed by atoms with E-state index in [1.165, 1.54) is 24.8 Å². The minimum Gasteiger partial charge on any atom is -0.393 e. The van der Waals surface area contributed by atoms with Crippen LogP contribution >= 0.6 is 0 Å². The van der Waals surface area contributed by atoms with E-state index in [1.807, 2.05) is 6.20 Å². The van der Waals surface area contributed by atoms with E-state index >= 15 is 0 Å². The van der Waals surface area contributed by atoms with Crippen LogP contribution in [0.2, 0.25) is 0 Å². The minimum atomic E-state index is -0.0486. The van der Waals surface area contributed by atoms with Crippen molar-refractivity contribution in [2.24, 2.45) is 5.92 Å². The molecule has 106 valence electrons. The highest BCUT2D eigenvalue weighted by molar-refractivity contribution is 5.11. The smallest absolute Gasteiger partial charge is 0.0568 e. The van der Waals surface area contributed by atoms with Crippen molar-refractivity contribution in [3.63, 3.8) is 0 Å². The Morgan fingerprint density at radius 1 is 1.32 bits per heavy atom. The number of hydrogen-bond donors (Lipinski definition) is 2. The third-order valence-electron chi connectivity index (χ3n) is 4.08. The molecule has 2 rings (SSSR count). The normalized spacial score (nSPS) is 23.5. The summed E-state index contributed by atoms with van der Waals surface area (Å²) in [6.07, 6.45) is 8.87. The van der Waals surface area contributed by atoms with Gasteiger partial charge >= 0.3 is 0 Å². The number of aliphatic hydroxyl groups excluding tert-OH is 1. The van der Waals surface area contributed by atoms with Crippen molar-refractivity contribution in [2.75, 3.05) is 6.54 Å². The zero-order chi connectivity index (χ0) is 13.5. The highest BCUT2D eigenvalue weighted by Gasteiger charge is 2.21. The molecule has 1 heterocycles. The van der Waals surface area contributed by atoms with Gasteiger partial charge in [-0.1, -0.05) is 18.9 Å². The van der Waals surface area contributed by atoms with Gasteiger partial charge in [0, 0.05) is 12.7 Å². The fraction of sp³-hybridized carbons (Fsp3) is 0.688. The van der Waals surface area contributed by atoms with Gasteiger partial charge in [0.25, 0.3) is 0 Å². The van der Waals surface area contributed by atoms with E-state index in [0.717, 1.165) is 38.0 Å². The van der Waals surface area contributed by atoms with Gasteiger partial charge in [-0.25, -0.2) is 0 Å². The number of pyridine rings is 1. The molecule has 0 bridgehead atoms. The molecule has 1 saturated carbocycles. The Balaban J connectivity index is 1.58. The molecule has 19 heavy (non-hydrogen) atoms. The molecule has 0 radical (unpaired) electrons. The van der Waals surface area contributed by atoms with Gasteiger partial charge in [0.2, 0.25) is 0 Å². The summed E-state index contributed by atoms with van der Waals surface area (Å²) in [5.41, 5.74) is 2.30. The van der Waals surface area contributed by atoms with E-state index in [0.29, 0.717) is 5.92 Å². The van der Waals surface area contributed by atoms with Crippen LogP contribution in [0.15, 0.2) is 18.3 Å². The van der Waals surface area contributed by atoms with E-state index < -0.39 is 0 Å². The van der Waals surface area contributed by atoms with Gasteiger partial charge in [-0.15, -0.1) is 0 Å². The molecular formula is C16H26N2O. The summed E-state index contributed by atoms with van der Waals surface area (Å²) in [7, 11) is 0. The second-order valence-corrected chi connectivity index (χ2v) is 5.76. The summed E-state index contributed by atoms with van der Waals surface area (Å²) in [6.45, 7) is 3.91. The van der Waals surface area contributed by atoms with Crippen LogP contribution < -0.4 is 5.32 Å². The lowest BCUT2D eigenvalue weighted by atomic mass is 9.83. The first kappa shape index (κ1) is 14.5. The highest BCUT2D eigenvalue weighted by atomic mass is 16.3. The van der Waals surface area contributed by atoms with Crippen molar-refractivity contribution in [3.8, 4) is 0 Å². The molecule has 0 aliphatic heterocycles. The monoisotopic (exact) mass is 262 g/mol. The second-order valence-electron chi connectivity index (χ2n) is 5.76. The first-order valence-electron chi connectivity index (χ1n) is 7.56. The summed E-state index contributed by atoms with van der Waals surface area (Å²) in [5.74, 6) is 0.535. The molecule has 3 nitrogen and oxygen atoms in total. The molecule has 0 aromatic carbocycles. The van der Waals surface area contributed by atoms with Crippen molar-refractivity contribution in [1.82, 2.24) is 10.3 Å². The van der Waals surface area contributed by atoms with Crippen molar-refractivity contribution >= 4 is 0 Å². The molecule has 1 fully saturated rings. The molecular weight excluding hydrogens is 236 g/mol. The molecule has 0 amide bonds. The van der Waals surface area contributed by atoms with Crippen molar-refractivity contribution in [3.05, 3.63) is 29.6 Å². The Hall–Kier alpha value is -0.930. The molecule has 2 atom stereocenters. The van der Waals surface area contributed by atoms with Crippen LogP contribution in [0.3, 0.4) is 0 Å². The topological polar surface area (TPSA) is 45.1 Å². The van der Waals surface area contributed by atoms with Crippen LogP contribution in [-0.4, -0.2) is 22.7 Å². The lowest BCUT2D eigenvalue weighted by Crippen LogP contribution is -2.25. The molecule has 1 aromatic heterocycles. The number of hydrogen-bond acceptors (Lipinski definition) is 3. The van der Waals surface area contributed by atoms with Gasteiger partial charge in [-0.2, -0.15) is 0 Å². The molecule has 0 saturated heterocycles. The molecule has 2 N–H and O–H groups in total. The number of aliphatic hydroxyl groups is 1. The maximum atomic E-state index is 9.90. The number of nitrogens with one attached hydrogen (secondary N) is 1. The van der Waals surface area contributed by atoms with E-state index in [9.17, 15) is 5.11 Å². The van der Waals surface area contributed by atoms with E-state index in [4.69, 9.17) is 0 Å². The number of nitrogens with zero attached hydrogens (tertiary/aromatic N) is 1. The molecule has 3 heteroatoms. The van der Waals surface area contributed by atoms with Crippen molar-refractivity contribution in [2.45, 2.75) is 58.1 Å².